The fourth-order valence-electron chi connectivity index (χ4n) is 2.51. The average Bonchev–Trinajstić information content (AvgIpc) is 2.76. The highest BCUT2D eigenvalue weighted by Crippen LogP contribution is 2.24. The van der Waals surface area contributed by atoms with Crippen molar-refractivity contribution in [1.29, 1.82) is 0 Å². The van der Waals surface area contributed by atoms with Crippen molar-refractivity contribution in [2.24, 2.45) is 5.92 Å². The molecule has 1 aliphatic heterocycles. The van der Waals surface area contributed by atoms with Crippen molar-refractivity contribution in [2.75, 3.05) is 19.6 Å². The van der Waals surface area contributed by atoms with Crippen LogP contribution in [0.25, 0.3) is 0 Å². The Bertz CT molecular complexity index is 453. The van der Waals surface area contributed by atoms with Gasteiger partial charge in [-0.3, -0.25) is 4.79 Å². The van der Waals surface area contributed by atoms with Crippen LogP contribution in [0.3, 0.4) is 0 Å². The molecule has 0 aliphatic carbocycles. The van der Waals surface area contributed by atoms with Crippen molar-refractivity contribution in [2.45, 2.75) is 32.7 Å². The molecule has 1 atom stereocenters. The van der Waals surface area contributed by atoms with E-state index in [2.05, 4.69) is 24.1 Å². The van der Waals surface area contributed by atoms with Crippen LogP contribution in [0.1, 0.15) is 37.2 Å². The molecule has 0 saturated carbocycles. The molecule has 112 valence electrons. The van der Waals surface area contributed by atoms with E-state index in [1.807, 2.05) is 4.90 Å². The van der Waals surface area contributed by atoms with Gasteiger partial charge in [-0.2, -0.15) is 0 Å². The zero-order chi connectivity index (χ0) is 14.7. The largest absolute Gasteiger partial charge is 0.340 e. The highest BCUT2D eigenvalue weighted by atomic mass is 35.5. The first kappa shape index (κ1) is 15.7. The molecule has 2 heterocycles. The fraction of sp³-hybridized carbons (Fsp3) is 0.643. The molecule has 20 heavy (non-hydrogen) atoms. The maximum Gasteiger partial charge on any atom is 0.270 e. The molecule has 1 unspecified atom stereocenters. The smallest absolute Gasteiger partial charge is 0.270 e. The highest BCUT2D eigenvalue weighted by molar-refractivity contribution is 6.41. The highest BCUT2D eigenvalue weighted by Gasteiger charge is 2.25. The number of aromatic amines is 1. The summed E-state index contributed by atoms with van der Waals surface area (Å²) in [6, 6.07) is 2.07. The van der Waals surface area contributed by atoms with Crippen LogP contribution in [-0.4, -0.2) is 41.5 Å². The van der Waals surface area contributed by atoms with E-state index in [-0.39, 0.29) is 5.91 Å². The van der Waals surface area contributed by atoms with Gasteiger partial charge in [0.05, 0.1) is 5.02 Å². The second-order valence-electron chi connectivity index (χ2n) is 5.67. The van der Waals surface area contributed by atoms with Crippen LogP contribution in [0.15, 0.2) is 6.07 Å². The van der Waals surface area contributed by atoms with Crippen molar-refractivity contribution in [3.63, 3.8) is 0 Å². The molecule has 6 heteroatoms. The van der Waals surface area contributed by atoms with Gasteiger partial charge in [0, 0.05) is 19.1 Å². The molecule has 1 amide bonds. The molecule has 0 bridgehead atoms. The predicted molar refractivity (Wildman–Crippen MR) is 82.6 cm³/mol. The van der Waals surface area contributed by atoms with Gasteiger partial charge < -0.3 is 15.2 Å². The Morgan fingerprint density at radius 1 is 1.55 bits per heavy atom. The number of amides is 1. The lowest BCUT2D eigenvalue weighted by molar-refractivity contribution is 0.0667. The summed E-state index contributed by atoms with van der Waals surface area (Å²) in [6.45, 7) is 6.80. The van der Waals surface area contributed by atoms with E-state index in [1.54, 1.807) is 6.07 Å². The molecule has 1 aliphatic rings. The SMILES string of the molecule is CC(C)NCC1CCCN(C(=O)c2cc(Cl)c(Cl)[nH]2)C1. The Labute approximate surface area is 129 Å². The van der Waals surface area contributed by atoms with Crippen molar-refractivity contribution in [3.05, 3.63) is 21.9 Å². The summed E-state index contributed by atoms with van der Waals surface area (Å²) >= 11 is 11.7. The van der Waals surface area contributed by atoms with Gasteiger partial charge >= 0.3 is 0 Å². The fourth-order valence-corrected chi connectivity index (χ4v) is 2.82. The van der Waals surface area contributed by atoms with Crippen LogP contribution < -0.4 is 5.32 Å². The summed E-state index contributed by atoms with van der Waals surface area (Å²) in [5.41, 5.74) is 0.470. The predicted octanol–water partition coefficient (Wildman–Crippen LogP) is 3.17. The van der Waals surface area contributed by atoms with Gasteiger partial charge in [-0.15, -0.1) is 0 Å². The van der Waals surface area contributed by atoms with Crippen LogP contribution in [0, 0.1) is 5.92 Å². The minimum absolute atomic E-state index is 0.0203. The molecule has 4 nitrogen and oxygen atoms in total. The standard InChI is InChI=1S/C14H21Cl2N3O/c1-9(2)17-7-10-4-3-5-19(8-10)14(20)12-6-11(15)13(16)18-12/h6,9-10,17-18H,3-5,7-8H2,1-2H3. The van der Waals surface area contributed by atoms with E-state index < -0.39 is 0 Å². The molecular weight excluding hydrogens is 297 g/mol. The first-order valence-electron chi connectivity index (χ1n) is 7.04. The molecule has 0 radical (unpaired) electrons. The number of H-pyrrole nitrogens is 1. The van der Waals surface area contributed by atoms with Crippen LogP contribution in [0.4, 0.5) is 0 Å². The molecule has 1 saturated heterocycles. The van der Waals surface area contributed by atoms with Gasteiger partial charge in [0.2, 0.25) is 0 Å². The summed E-state index contributed by atoms with van der Waals surface area (Å²) in [6.07, 6.45) is 2.20. The van der Waals surface area contributed by atoms with Crippen LogP contribution >= 0.6 is 23.2 Å². The Balaban J connectivity index is 1.96. The molecule has 0 aromatic carbocycles. The lowest BCUT2D eigenvalue weighted by Gasteiger charge is -2.33. The maximum atomic E-state index is 12.4. The van der Waals surface area contributed by atoms with Gasteiger partial charge in [-0.1, -0.05) is 37.0 Å². The Morgan fingerprint density at radius 3 is 2.90 bits per heavy atom. The summed E-state index contributed by atoms with van der Waals surface area (Å²) in [7, 11) is 0. The summed E-state index contributed by atoms with van der Waals surface area (Å²) in [4.78, 5) is 17.1. The van der Waals surface area contributed by atoms with Gasteiger partial charge in [0.25, 0.3) is 5.91 Å². The molecule has 1 fully saturated rings. The Kier molecular flexibility index (Phi) is 5.35. The topological polar surface area (TPSA) is 48.1 Å². The third kappa shape index (κ3) is 3.90. The third-order valence-corrected chi connectivity index (χ3v) is 4.27. The first-order valence-corrected chi connectivity index (χ1v) is 7.79. The molecule has 1 aromatic heterocycles. The van der Waals surface area contributed by atoms with Gasteiger partial charge in [-0.25, -0.2) is 0 Å². The van der Waals surface area contributed by atoms with E-state index in [1.165, 1.54) is 0 Å². The lowest BCUT2D eigenvalue weighted by Crippen LogP contribution is -2.43. The summed E-state index contributed by atoms with van der Waals surface area (Å²) in [5.74, 6) is 0.490. The summed E-state index contributed by atoms with van der Waals surface area (Å²) < 4.78 is 0. The second kappa shape index (κ2) is 6.83. The van der Waals surface area contributed by atoms with Gasteiger partial charge in [0.15, 0.2) is 0 Å². The quantitative estimate of drug-likeness (QED) is 0.896. The monoisotopic (exact) mass is 317 g/mol. The molecule has 0 spiro atoms. The summed E-state index contributed by atoms with van der Waals surface area (Å²) in [5, 5.41) is 4.16. The Hall–Kier alpha value is -0.710. The zero-order valence-electron chi connectivity index (χ0n) is 11.9. The normalized spacial score (nSPS) is 19.6. The van der Waals surface area contributed by atoms with Crippen molar-refractivity contribution < 1.29 is 4.79 Å². The van der Waals surface area contributed by atoms with Crippen LogP contribution in [-0.2, 0) is 0 Å². The second-order valence-corrected chi connectivity index (χ2v) is 6.45. The molecule has 2 N–H and O–H groups in total. The number of likely N-dealkylation sites (tertiary alicyclic amines) is 1. The number of carbonyl (C=O) groups is 1. The minimum atomic E-state index is -0.0203. The number of rotatable bonds is 4. The van der Waals surface area contributed by atoms with Crippen LogP contribution in [0.5, 0.6) is 0 Å². The molecule has 1 aromatic rings. The first-order chi connectivity index (χ1) is 9.47. The number of carbonyl (C=O) groups excluding carboxylic acids is 1. The number of nitrogens with one attached hydrogen (secondary N) is 2. The Morgan fingerprint density at radius 2 is 2.30 bits per heavy atom. The molecular formula is C14H21Cl2N3O. The van der Waals surface area contributed by atoms with Crippen molar-refractivity contribution >= 4 is 29.1 Å². The van der Waals surface area contributed by atoms with E-state index >= 15 is 0 Å². The minimum Gasteiger partial charge on any atom is -0.340 e. The number of hydrogen-bond acceptors (Lipinski definition) is 2. The van der Waals surface area contributed by atoms with E-state index in [0.717, 1.165) is 32.5 Å². The number of halogens is 2. The third-order valence-electron chi connectivity index (χ3n) is 3.58. The van der Waals surface area contributed by atoms with E-state index in [0.29, 0.717) is 27.8 Å². The average molecular weight is 318 g/mol. The number of nitrogens with zero attached hydrogens (tertiary/aromatic N) is 1. The zero-order valence-corrected chi connectivity index (χ0v) is 13.4. The molecule has 2 rings (SSSR count). The number of piperidine rings is 1. The van der Waals surface area contributed by atoms with E-state index in [4.69, 9.17) is 23.2 Å². The van der Waals surface area contributed by atoms with Crippen molar-refractivity contribution in [3.8, 4) is 0 Å². The number of aromatic nitrogens is 1. The number of hydrogen-bond donors (Lipinski definition) is 2. The lowest BCUT2D eigenvalue weighted by atomic mass is 9.97. The van der Waals surface area contributed by atoms with Crippen LogP contribution in [0.2, 0.25) is 10.2 Å². The van der Waals surface area contributed by atoms with Gasteiger partial charge in [-0.05, 0) is 31.4 Å². The maximum absolute atomic E-state index is 12.4. The van der Waals surface area contributed by atoms with Crippen molar-refractivity contribution in [1.82, 2.24) is 15.2 Å². The van der Waals surface area contributed by atoms with Gasteiger partial charge in [0.1, 0.15) is 10.8 Å². The van der Waals surface area contributed by atoms with E-state index in [9.17, 15) is 4.79 Å².